The molecule has 3 aliphatic carbocycles. The summed E-state index contributed by atoms with van der Waals surface area (Å²) in [6, 6.07) is 0. The molecule has 0 aromatic heterocycles. The fourth-order valence-electron chi connectivity index (χ4n) is 5.67. The Bertz CT molecular complexity index is 580. The zero-order chi connectivity index (χ0) is 16.2. The maximum absolute atomic E-state index is 13.5. The van der Waals surface area contributed by atoms with Crippen LogP contribution in [0.4, 0.5) is 0 Å². The first-order valence-electron chi connectivity index (χ1n) is 9.20. The minimum atomic E-state index is -0.678. The third-order valence-electron chi connectivity index (χ3n) is 6.69. The van der Waals surface area contributed by atoms with Gasteiger partial charge < -0.3 is 9.47 Å². The standard InChI is InChI=1S/C20H28O3/c1-13(2)16-12-20(22-10-11-23-20)18-17(21)15-7-5-4-6-14(15)8-9-19(16,18)3/h7-8,13,16,18H,4-6,9-12H2,1-3H3/t16-,18-,19-/m1/s1. The summed E-state index contributed by atoms with van der Waals surface area (Å²) in [5, 5.41) is 0. The smallest absolute Gasteiger partial charge is 0.179 e. The van der Waals surface area contributed by atoms with Gasteiger partial charge in [0.25, 0.3) is 0 Å². The van der Waals surface area contributed by atoms with Crippen LogP contribution in [0.3, 0.4) is 0 Å². The van der Waals surface area contributed by atoms with Crippen LogP contribution in [0.2, 0.25) is 0 Å². The molecule has 2 fully saturated rings. The Balaban J connectivity index is 1.84. The number of hydrogen-bond donors (Lipinski definition) is 0. The number of carbonyl (C=O) groups is 1. The highest BCUT2D eigenvalue weighted by Crippen LogP contribution is 2.62. The van der Waals surface area contributed by atoms with Crippen molar-refractivity contribution in [3.63, 3.8) is 0 Å². The largest absolute Gasteiger partial charge is 0.347 e. The number of ketones is 1. The highest BCUT2D eigenvalue weighted by Gasteiger charge is 2.66. The third kappa shape index (κ3) is 2.12. The molecule has 0 N–H and O–H groups in total. The van der Waals surface area contributed by atoms with E-state index in [1.165, 1.54) is 5.57 Å². The molecule has 3 atom stereocenters. The second kappa shape index (κ2) is 5.29. The Morgan fingerprint density at radius 2 is 1.96 bits per heavy atom. The lowest BCUT2D eigenvalue weighted by atomic mass is 9.66. The highest BCUT2D eigenvalue weighted by atomic mass is 16.7. The van der Waals surface area contributed by atoms with Crippen LogP contribution >= 0.6 is 0 Å². The first-order valence-corrected chi connectivity index (χ1v) is 9.20. The molecule has 0 amide bonds. The molecule has 126 valence electrons. The van der Waals surface area contributed by atoms with Crippen LogP contribution in [0.25, 0.3) is 0 Å². The molecule has 0 radical (unpaired) electrons. The SMILES string of the molecule is CC(C)[C@H]1CC2(OCCO2)[C@@H]2C(=O)C3=CCCCC3=CC[C@]12C. The van der Waals surface area contributed by atoms with E-state index >= 15 is 0 Å². The second-order valence-corrected chi connectivity index (χ2v) is 8.31. The number of fused-ring (bicyclic) bond motifs is 3. The number of Topliss-reactive ketones (excluding diaryl/α,β-unsaturated/α-hetero) is 1. The summed E-state index contributed by atoms with van der Waals surface area (Å²) in [7, 11) is 0. The van der Waals surface area contributed by atoms with Gasteiger partial charge in [-0.1, -0.05) is 32.9 Å². The summed E-state index contributed by atoms with van der Waals surface area (Å²) in [5.74, 6) is 0.411. The molecule has 1 saturated carbocycles. The van der Waals surface area contributed by atoms with E-state index in [0.29, 0.717) is 25.0 Å². The van der Waals surface area contributed by atoms with E-state index in [4.69, 9.17) is 9.47 Å². The van der Waals surface area contributed by atoms with Crippen molar-refractivity contribution in [1.82, 2.24) is 0 Å². The summed E-state index contributed by atoms with van der Waals surface area (Å²) in [6.45, 7) is 8.08. The molecular weight excluding hydrogens is 288 g/mol. The molecule has 3 nitrogen and oxygen atoms in total. The molecule has 0 aromatic carbocycles. The van der Waals surface area contributed by atoms with Gasteiger partial charge in [-0.25, -0.2) is 0 Å². The van der Waals surface area contributed by atoms with Crippen molar-refractivity contribution in [3.05, 3.63) is 23.3 Å². The van der Waals surface area contributed by atoms with Gasteiger partial charge in [-0.15, -0.1) is 0 Å². The predicted molar refractivity (Wildman–Crippen MR) is 88.8 cm³/mol. The quantitative estimate of drug-likeness (QED) is 0.732. The summed E-state index contributed by atoms with van der Waals surface area (Å²) >= 11 is 0. The number of rotatable bonds is 1. The van der Waals surface area contributed by atoms with Crippen molar-refractivity contribution in [3.8, 4) is 0 Å². The van der Waals surface area contributed by atoms with Gasteiger partial charge in [0, 0.05) is 12.0 Å². The van der Waals surface area contributed by atoms with E-state index in [1.54, 1.807) is 0 Å². The van der Waals surface area contributed by atoms with Crippen molar-refractivity contribution in [2.45, 2.75) is 58.7 Å². The molecule has 1 aliphatic heterocycles. The van der Waals surface area contributed by atoms with Gasteiger partial charge in [-0.2, -0.15) is 0 Å². The highest BCUT2D eigenvalue weighted by molar-refractivity contribution is 6.03. The van der Waals surface area contributed by atoms with Crippen LogP contribution in [0, 0.1) is 23.2 Å². The summed E-state index contributed by atoms with van der Waals surface area (Å²) < 4.78 is 12.3. The van der Waals surface area contributed by atoms with Crippen molar-refractivity contribution < 1.29 is 14.3 Å². The molecule has 1 heterocycles. The van der Waals surface area contributed by atoms with E-state index in [-0.39, 0.29) is 17.1 Å². The summed E-state index contributed by atoms with van der Waals surface area (Å²) in [5.41, 5.74) is 2.17. The minimum absolute atomic E-state index is 0.0687. The van der Waals surface area contributed by atoms with E-state index < -0.39 is 5.79 Å². The number of ether oxygens (including phenoxy) is 2. The Morgan fingerprint density at radius 3 is 2.65 bits per heavy atom. The average molecular weight is 316 g/mol. The lowest BCUT2D eigenvalue weighted by molar-refractivity contribution is -0.193. The zero-order valence-corrected chi connectivity index (χ0v) is 14.6. The summed E-state index contributed by atoms with van der Waals surface area (Å²) in [6.07, 6.45) is 9.56. The molecule has 4 rings (SSSR count). The van der Waals surface area contributed by atoms with Gasteiger partial charge in [0.15, 0.2) is 11.6 Å². The second-order valence-electron chi connectivity index (χ2n) is 8.31. The van der Waals surface area contributed by atoms with Gasteiger partial charge in [-0.05, 0) is 48.5 Å². The fraction of sp³-hybridized carbons (Fsp3) is 0.750. The van der Waals surface area contributed by atoms with Crippen molar-refractivity contribution >= 4 is 5.78 Å². The van der Waals surface area contributed by atoms with E-state index in [9.17, 15) is 4.79 Å². The summed E-state index contributed by atoms with van der Waals surface area (Å²) in [4.78, 5) is 13.5. The van der Waals surface area contributed by atoms with Gasteiger partial charge >= 0.3 is 0 Å². The lowest BCUT2D eigenvalue weighted by Crippen LogP contribution is -2.45. The van der Waals surface area contributed by atoms with Crippen LogP contribution in [0.5, 0.6) is 0 Å². The predicted octanol–water partition coefficient (Wildman–Crippen LogP) is 4.04. The maximum Gasteiger partial charge on any atom is 0.179 e. The van der Waals surface area contributed by atoms with Crippen molar-refractivity contribution in [1.29, 1.82) is 0 Å². The molecule has 0 unspecified atom stereocenters. The average Bonchev–Trinajstić information content (AvgIpc) is 3.06. The third-order valence-corrected chi connectivity index (χ3v) is 6.69. The van der Waals surface area contributed by atoms with Crippen LogP contribution < -0.4 is 0 Å². The van der Waals surface area contributed by atoms with Crippen LogP contribution in [0.15, 0.2) is 23.3 Å². The first-order chi connectivity index (χ1) is 11.0. The first kappa shape index (κ1) is 15.6. The van der Waals surface area contributed by atoms with Gasteiger partial charge in [0.1, 0.15) is 0 Å². The molecule has 3 heteroatoms. The van der Waals surface area contributed by atoms with Crippen molar-refractivity contribution in [2.24, 2.45) is 23.2 Å². The number of allylic oxidation sites excluding steroid dienone is 4. The topological polar surface area (TPSA) is 35.5 Å². The molecule has 1 spiro atoms. The van der Waals surface area contributed by atoms with Crippen LogP contribution in [-0.4, -0.2) is 24.8 Å². The van der Waals surface area contributed by atoms with E-state index in [2.05, 4.69) is 32.9 Å². The Kier molecular flexibility index (Phi) is 3.58. The Hall–Kier alpha value is -0.930. The van der Waals surface area contributed by atoms with Gasteiger partial charge in [-0.3, -0.25) is 4.79 Å². The lowest BCUT2D eigenvalue weighted by Gasteiger charge is -2.38. The van der Waals surface area contributed by atoms with E-state index in [0.717, 1.165) is 37.7 Å². The van der Waals surface area contributed by atoms with Crippen LogP contribution in [0.1, 0.15) is 52.9 Å². The van der Waals surface area contributed by atoms with Crippen molar-refractivity contribution in [2.75, 3.05) is 13.2 Å². The molecule has 4 aliphatic rings. The Morgan fingerprint density at radius 1 is 1.22 bits per heavy atom. The Labute approximate surface area is 139 Å². The van der Waals surface area contributed by atoms with Crippen LogP contribution in [-0.2, 0) is 14.3 Å². The maximum atomic E-state index is 13.5. The van der Waals surface area contributed by atoms with E-state index in [1.807, 2.05) is 0 Å². The monoisotopic (exact) mass is 316 g/mol. The normalized spacial score (nSPS) is 39.0. The molecule has 23 heavy (non-hydrogen) atoms. The zero-order valence-electron chi connectivity index (χ0n) is 14.6. The van der Waals surface area contributed by atoms with Gasteiger partial charge in [0.05, 0.1) is 19.1 Å². The number of carbonyl (C=O) groups excluding carboxylic acids is 1. The molecular formula is C20H28O3. The fourth-order valence-corrected chi connectivity index (χ4v) is 5.67. The minimum Gasteiger partial charge on any atom is -0.347 e. The molecule has 0 aromatic rings. The molecule has 0 bridgehead atoms. The molecule has 1 saturated heterocycles. The number of hydrogen-bond acceptors (Lipinski definition) is 3. The van der Waals surface area contributed by atoms with Gasteiger partial charge in [0.2, 0.25) is 0 Å².